The van der Waals surface area contributed by atoms with Crippen LogP contribution in [-0.2, 0) is 4.79 Å². The largest absolute Gasteiger partial charge is 0.393 e. The van der Waals surface area contributed by atoms with Gasteiger partial charge in [-0.15, -0.1) is 0 Å². The Morgan fingerprint density at radius 1 is 1.29 bits per heavy atom. The summed E-state index contributed by atoms with van der Waals surface area (Å²) < 4.78 is 56.4. The predicted molar refractivity (Wildman–Crippen MR) is 118 cm³/mol. The third-order valence-electron chi connectivity index (χ3n) is 6.75. The first-order valence-electron chi connectivity index (χ1n) is 11.2. The van der Waals surface area contributed by atoms with Gasteiger partial charge in [0.25, 0.3) is 0 Å². The van der Waals surface area contributed by atoms with Crippen molar-refractivity contribution in [1.29, 1.82) is 5.26 Å². The molecule has 0 radical (unpaired) electrons. The number of anilines is 1. The van der Waals surface area contributed by atoms with Crippen LogP contribution in [0.25, 0.3) is 10.9 Å². The molecule has 0 spiro atoms. The maximum absolute atomic E-state index is 15.1. The first-order valence-corrected chi connectivity index (χ1v) is 11.2. The average Bonchev–Trinajstić information content (AvgIpc) is 2.79. The number of benzene rings is 1. The Labute approximate surface area is 194 Å². The normalized spacial score (nSPS) is 23.5. The lowest BCUT2D eigenvalue weighted by atomic mass is 9.89. The summed E-state index contributed by atoms with van der Waals surface area (Å²) in [6.07, 6.45) is -1.92. The molecule has 1 N–H and O–H groups in total. The van der Waals surface area contributed by atoms with Crippen molar-refractivity contribution < 1.29 is 22.4 Å². The van der Waals surface area contributed by atoms with Crippen molar-refractivity contribution in [2.45, 2.75) is 43.6 Å². The zero-order valence-corrected chi connectivity index (χ0v) is 18.8. The molecule has 2 aliphatic rings. The van der Waals surface area contributed by atoms with E-state index in [4.69, 9.17) is 0 Å². The molecule has 0 saturated carbocycles. The number of nitriles is 1. The number of carbonyl (C=O) groups excluding carboxylic acids is 1. The standard InChI is InChI=1S/C23H26F4N6O/c1-32-6-4-22(24,5-7-32)9-20(34)31-17-8-16(23(25,26)27)12-33(13-17)19-3-2-15(10-28)21-18(19)11-29-14-30-21/h2-3,11,14,16-17H,4-9,12-13H2,1H3,(H,31,34)/t16-,17+/m0/s1. The van der Waals surface area contributed by atoms with Gasteiger partial charge in [-0.1, -0.05) is 0 Å². The summed E-state index contributed by atoms with van der Waals surface area (Å²) in [7, 11) is 1.88. The summed E-state index contributed by atoms with van der Waals surface area (Å²) in [6, 6.07) is 4.32. The molecule has 2 saturated heterocycles. The molecule has 0 unspecified atom stereocenters. The fourth-order valence-corrected chi connectivity index (χ4v) is 4.83. The summed E-state index contributed by atoms with van der Waals surface area (Å²) in [5, 5.41) is 12.5. The molecule has 1 aromatic carbocycles. The molecule has 34 heavy (non-hydrogen) atoms. The van der Waals surface area contributed by atoms with Gasteiger partial charge in [0.15, 0.2) is 0 Å². The second-order valence-corrected chi connectivity index (χ2v) is 9.30. The van der Waals surface area contributed by atoms with Crippen molar-refractivity contribution >= 4 is 22.5 Å². The van der Waals surface area contributed by atoms with E-state index in [1.54, 1.807) is 11.0 Å². The molecule has 2 aromatic rings. The Kier molecular flexibility index (Phi) is 6.62. The monoisotopic (exact) mass is 478 g/mol. The zero-order valence-electron chi connectivity index (χ0n) is 18.8. The predicted octanol–water partition coefficient (Wildman–Crippen LogP) is 3.20. The third-order valence-corrected chi connectivity index (χ3v) is 6.75. The second kappa shape index (κ2) is 9.33. The van der Waals surface area contributed by atoms with E-state index in [9.17, 15) is 23.2 Å². The number of nitrogens with zero attached hydrogens (tertiary/aromatic N) is 5. The lowest BCUT2D eigenvalue weighted by molar-refractivity contribution is -0.178. The number of hydrogen-bond donors (Lipinski definition) is 1. The van der Waals surface area contributed by atoms with E-state index in [0.717, 1.165) is 0 Å². The minimum absolute atomic E-state index is 0.121. The molecule has 1 amide bonds. The number of rotatable bonds is 4. The number of alkyl halides is 4. The van der Waals surface area contributed by atoms with E-state index in [1.165, 1.54) is 18.6 Å². The number of likely N-dealkylation sites (tertiary alicyclic amines) is 1. The van der Waals surface area contributed by atoms with E-state index in [1.807, 2.05) is 18.0 Å². The van der Waals surface area contributed by atoms with Crippen molar-refractivity contribution in [1.82, 2.24) is 20.2 Å². The van der Waals surface area contributed by atoms with Gasteiger partial charge in [0.05, 0.1) is 23.4 Å². The maximum atomic E-state index is 15.1. The molecule has 4 rings (SSSR count). The molecule has 2 aliphatic heterocycles. The summed E-state index contributed by atoms with van der Waals surface area (Å²) in [4.78, 5) is 24.3. The van der Waals surface area contributed by atoms with E-state index in [-0.39, 0.29) is 38.8 Å². The number of amides is 1. The van der Waals surface area contributed by atoms with Crippen LogP contribution in [0.15, 0.2) is 24.7 Å². The Morgan fingerprint density at radius 2 is 2.03 bits per heavy atom. The Balaban J connectivity index is 1.55. The van der Waals surface area contributed by atoms with Gasteiger partial charge >= 0.3 is 6.18 Å². The fraction of sp³-hybridized carbons (Fsp3) is 0.565. The highest BCUT2D eigenvalue weighted by molar-refractivity contribution is 5.94. The van der Waals surface area contributed by atoms with Gasteiger partial charge in [-0.05, 0) is 38.4 Å². The van der Waals surface area contributed by atoms with Gasteiger partial charge in [-0.25, -0.2) is 14.4 Å². The quantitative estimate of drug-likeness (QED) is 0.680. The summed E-state index contributed by atoms with van der Waals surface area (Å²) in [6.45, 7) is 0.886. The van der Waals surface area contributed by atoms with E-state index in [0.29, 0.717) is 35.2 Å². The van der Waals surface area contributed by atoms with Crippen LogP contribution in [0.3, 0.4) is 0 Å². The fourth-order valence-electron chi connectivity index (χ4n) is 4.83. The molecule has 182 valence electrons. The molecule has 0 aliphatic carbocycles. The number of piperidine rings is 2. The van der Waals surface area contributed by atoms with Crippen LogP contribution in [0.2, 0.25) is 0 Å². The molecule has 2 fully saturated rings. The lowest BCUT2D eigenvalue weighted by Gasteiger charge is -2.41. The van der Waals surface area contributed by atoms with Crippen LogP contribution in [0.1, 0.15) is 31.2 Å². The summed E-state index contributed by atoms with van der Waals surface area (Å²) in [5.74, 6) is -2.25. The Hall–Kier alpha value is -3.00. The van der Waals surface area contributed by atoms with E-state index in [2.05, 4.69) is 15.3 Å². The lowest BCUT2D eigenvalue weighted by Crippen LogP contribution is -2.54. The van der Waals surface area contributed by atoms with Crippen molar-refractivity contribution in [2.75, 3.05) is 38.1 Å². The van der Waals surface area contributed by atoms with Gasteiger partial charge in [0.1, 0.15) is 18.1 Å². The molecule has 11 heteroatoms. The Bertz CT molecular complexity index is 1090. The maximum Gasteiger partial charge on any atom is 0.393 e. The number of hydrogen-bond acceptors (Lipinski definition) is 6. The zero-order chi connectivity index (χ0) is 24.5. The molecule has 3 heterocycles. The van der Waals surface area contributed by atoms with Crippen molar-refractivity contribution in [2.24, 2.45) is 5.92 Å². The average molecular weight is 478 g/mol. The van der Waals surface area contributed by atoms with Gasteiger partial charge in [0, 0.05) is 49.5 Å². The van der Waals surface area contributed by atoms with E-state index >= 15 is 4.39 Å². The number of aromatic nitrogens is 2. The molecule has 7 nitrogen and oxygen atoms in total. The summed E-state index contributed by atoms with van der Waals surface area (Å²) >= 11 is 0. The van der Waals surface area contributed by atoms with E-state index < -0.39 is 29.7 Å². The first kappa shape index (κ1) is 24.1. The number of carbonyl (C=O) groups is 1. The molecule has 1 aromatic heterocycles. The number of nitrogens with one attached hydrogen (secondary N) is 1. The van der Waals surface area contributed by atoms with Crippen LogP contribution in [-0.4, -0.2) is 71.9 Å². The van der Waals surface area contributed by atoms with Crippen molar-refractivity contribution in [3.05, 3.63) is 30.2 Å². The highest BCUT2D eigenvalue weighted by Crippen LogP contribution is 2.37. The Morgan fingerprint density at radius 3 is 2.71 bits per heavy atom. The highest BCUT2D eigenvalue weighted by atomic mass is 19.4. The topological polar surface area (TPSA) is 85.2 Å². The second-order valence-electron chi connectivity index (χ2n) is 9.30. The van der Waals surface area contributed by atoms with Crippen LogP contribution < -0.4 is 10.2 Å². The van der Waals surface area contributed by atoms with Gasteiger partial charge in [0.2, 0.25) is 5.91 Å². The minimum atomic E-state index is -4.46. The molecule has 2 atom stereocenters. The molecular weight excluding hydrogens is 452 g/mol. The van der Waals surface area contributed by atoms with Gasteiger partial charge in [-0.2, -0.15) is 18.4 Å². The molecule has 0 bridgehead atoms. The SMILES string of the molecule is CN1CCC(F)(CC(=O)N[C@@H]2C[C@H](C(F)(F)F)CN(c3ccc(C#N)c4ncncc34)C2)CC1. The minimum Gasteiger partial charge on any atom is -0.368 e. The van der Waals surface area contributed by atoms with Crippen LogP contribution in [0, 0.1) is 17.2 Å². The number of fused-ring (bicyclic) bond motifs is 1. The van der Waals surface area contributed by atoms with Crippen LogP contribution in [0.4, 0.5) is 23.2 Å². The summed E-state index contributed by atoms with van der Waals surface area (Å²) in [5.41, 5.74) is -0.539. The van der Waals surface area contributed by atoms with Gasteiger partial charge in [-0.3, -0.25) is 4.79 Å². The molecular formula is C23H26F4N6O. The third kappa shape index (κ3) is 5.22. The van der Waals surface area contributed by atoms with Crippen LogP contribution >= 0.6 is 0 Å². The van der Waals surface area contributed by atoms with Crippen molar-refractivity contribution in [3.63, 3.8) is 0 Å². The van der Waals surface area contributed by atoms with Crippen LogP contribution in [0.5, 0.6) is 0 Å². The van der Waals surface area contributed by atoms with Gasteiger partial charge < -0.3 is 15.1 Å². The highest BCUT2D eigenvalue weighted by Gasteiger charge is 2.45. The number of halogens is 4. The van der Waals surface area contributed by atoms with Crippen molar-refractivity contribution in [3.8, 4) is 6.07 Å². The smallest absolute Gasteiger partial charge is 0.368 e. The first-order chi connectivity index (χ1) is 16.1.